The summed E-state index contributed by atoms with van der Waals surface area (Å²) in [6.07, 6.45) is 3.97. The third-order valence-electron chi connectivity index (χ3n) is 3.33. The van der Waals surface area contributed by atoms with Crippen LogP contribution in [-0.2, 0) is 16.4 Å². The molecular formula is C14H26N2O2S. The van der Waals surface area contributed by atoms with E-state index in [1.807, 2.05) is 23.0 Å². The van der Waals surface area contributed by atoms with Crippen LogP contribution in [0.4, 0.5) is 0 Å². The molecule has 0 aliphatic carbocycles. The summed E-state index contributed by atoms with van der Waals surface area (Å²) in [5.41, 5.74) is 1.19. The second-order valence-corrected chi connectivity index (χ2v) is 8.76. The van der Waals surface area contributed by atoms with Crippen molar-refractivity contribution in [3.63, 3.8) is 0 Å². The smallest absolute Gasteiger partial charge is 0.156 e. The third-order valence-corrected chi connectivity index (χ3v) is 5.92. The van der Waals surface area contributed by atoms with Crippen LogP contribution < -0.4 is 5.32 Å². The minimum absolute atomic E-state index is 0.181. The van der Waals surface area contributed by atoms with Crippen molar-refractivity contribution in [2.75, 3.05) is 12.3 Å². The number of aromatic nitrogens is 1. The number of hydrogen-bond acceptors (Lipinski definition) is 3. The summed E-state index contributed by atoms with van der Waals surface area (Å²) in [4.78, 5) is 0. The van der Waals surface area contributed by atoms with Gasteiger partial charge in [-0.1, -0.05) is 6.92 Å². The van der Waals surface area contributed by atoms with Crippen molar-refractivity contribution >= 4 is 9.84 Å². The predicted molar refractivity (Wildman–Crippen MR) is 80.1 cm³/mol. The second kappa shape index (κ2) is 6.09. The van der Waals surface area contributed by atoms with Gasteiger partial charge in [-0.2, -0.15) is 0 Å². The zero-order valence-corrected chi connectivity index (χ0v) is 13.4. The molecule has 0 saturated heterocycles. The molecule has 0 aliphatic rings. The van der Waals surface area contributed by atoms with E-state index in [2.05, 4.69) is 19.2 Å². The highest BCUT2D eigenvalue weighted by molar-refractivity contribution is 7.92. The SMILES string of the molecule is CCNC(C)c1ccn(CCS(=O)(=O)C(C)(C)C)c1. The Bertz CT molecular complexity index is 498. The number of nitrogens with zero attached hydrogens (tertiary/aromatic N) is 1. The number of hydrogen-bond donors (Lipinski definition) is 1. The van der Waals surface area contributed by atoms with Crippen LogP contribution in [0.2, 0.25) is 0 Å². The van der Waals surface area contributed by atoms with Crippen molar-refractivity contribution in [2.24, 2.45) is 0 Å². The molecule has 1 aromatic heterocycles. The molecule has 4 nitrogen and oxygen atoms in total. The van der Waals surface area contributed by atoms with Gasteiger partial charge in [0.05, 0.1) is 10.5 Å². The molecule has 0 aliphatic heterocycles. The summed E-state index contributed by atoms with van der Waals surface area (Å²) in [5.74, 6) is 0.181. The Morgan fingerprint density at radius 2 is 2.00 bits per heavy atom. The summed E-state index contributed by atoms with van der Waals surface area (Å²) in [7, 11) is -3.05. The minimum Gasteiger partial charge on any atom is -0.353 e. The molecule has 0 fully saturated rings. The first kappa shape index (κ1) is 16.2. The van der Waals surface area contributed by atoms with Gasteiger partial charge in [0.25, 0.3) is 0 Å². The molecule has 0 bridgehead atoms. The van der Waals surface area contributed by atoms with Gasteiger partial charge >= 0.3 is 0 Å². The molecule has 1 aromatic rings. The van der Waals surface area contributed by atoms with Crippen LogP contribution in [0.15, 0.2) is 18.5 Å². The van der Waals surface area contributed by atoms with Crippen LogP contribution in [0.3, 0.4) is 0 Å². The fourth-order valence-corrected chi connectivity index (χ4v) is 2.87. The van der Waals surface area contributed by atoms with Crippen molar-refractivity contribution < 1.29 is 8.42 Å². The molecule has 1 atom stereocenters. The maximum Gasteiger partial charge on any atom is 0.156 e. The molecular weight excluding hydrogens is 260 g/mol. The molecule has 1 rings (SSSR count). The average molecular weight is 286 g/mol. The lowest BCUT2D eigenvalue weighted by molar-refractivity contribution is 0.553. The maximum atomic E-state index is 12.0. The third kappa shape index (κ3) is 4.35. The van der Waals surface area contributed by atoms with E-state index in [9.17, 15) is 8.42 Å². The van der Waals surface area contributed by atoms with E-state index in [0.717, 1.165) is 6.54 Å². The fraction of sp³-hybridized carbons (Fsp3) is 0.714. The molecule has 1 unspecified atom stereocenters. The second-order valence-electron chi connectivity index (χ2n) is 5.89. The Kier molecular flexibility index (Phi) is 5.21. The first-order valence-electron chi connectivity index (χ1n) is 6.78. The highest BCUT2D eigenvalue weighted by Gasteiger charge is 2.28. The molecule has 0 radical (unpaired) electrons. The molecule has 0 aromatic carbocycles. The van der Waals surface area contributed by atoms with E-state index in [0.29, 0.717) is 12.6 Å². The number of nitrogens with one attached hydrogen (secondary N) is 1. The van der Waals surface area contributed by atoms with Gasteiger partial charge in [-0.05, 0) is 45.9 Å². The number of aryl methyl sites for hydroxylation is 1. The normalized spacial score (nSPS) is 14.6. The van der Waals surface area contributed by atoms with E-state index < -0.39 is 14.6 Å². The van der Waals surface area contributed by atoms with Gasteiger partial charge in [-0.3, -0.25) is 0 Å². The van der Waals surface area contributed by atoms with Gasteiger partial charge in [0.15, 0.2) is 9.84 Å². The van der Waals surface area contributed by atoms with E-state index in [1.54, 1.807) is 20.8 Å². The lowest BCUT2D eigenvalue weighted by Gasteiger charge is -2.19. The highest BCUT2D eigenvalue weighted by Crippen LogP contribution is 2.17. The van der Waals surface area contributed by atoms with Crippen molar-refractivity contribution in [1.29, 1.82) is 0 Å². The Morgan fingerprint density at radius 3 is 2.53 bits per heavy atom. The quantitative estimate of drug-likeness (QED) is 0.873. The first-order valence-corrected chi connectivity index (χ1v) is 8.44. The number of sulfone groups is 1. The molecule has 0 amide bonds. The van der Waals surface area contributed by atoms with Crippen LogP contribution in [-0.4, -0.2) is 30.0 Å². The molecule has 0 spiro atoms. The summed E-state index contributed by atoms with van der Waals surface area (Å²) >= 11 is 0. The lowest BCUT2D eigenvalue weighted by atomic mass is 10.2. The molecule has 19 heavy (non-hydrogen) atoms. The van der Waals surface area contributed by atoms with Gasteiger partial charge < -0.3 is 9.88 Å². The van der Waals surface area contributed by atoms with E-state index >= 15 is 0 Å². The Morgan fingerprint density at radius 1 is 1.37 bits per heavy atom. The van der Waals surface area contributed by atoms with Gasteiger partial charge in [0.2, 0.25) is 0 Å². The Labute approximate surface area is 117 Å². The zero-order valence-electron chi connectivity index (χ0n) is 12.6. The standard InChI is InChI=1S/C14H26N2O2S/c1-6-15-12(2)13-7-8-16(11-13)9-10-19(17,18)14(3,4)5/h7-8,11-12,15H,6,9-10H2,1-5H3. The largest absolute Gasteiger partial charge is 0.353 e. The van der Waals surface area contributed by atoms with Crippen molar-refractivity contribution in [3.05, 3.63) is 24.0 Å². The zero-order chi connectivity index (χ0) is 14.7. The average Bonchev–Trinajstić information content (AvgIpc) is 2.74. The first-order chi connectivity index (χ1) is 8.67. The molecule has 0 saturated carbocycles. The topological polar surface area (TPSA) is 51.1 Å². The summed E-state index contributed by atoms with van der Waals surface area (Å²) in [6.45, 7) is 10.9. The van der Waals surface area contributed by atoms with E-state index in [-0.39, 0.29) is 5.75 Å². The molecule has 110 valence electrons. The Balaban J connectivity index is 2.65. The monoisotopic (exact) mass is 286 g/mol. The van der Waals surface area contributed by atoms with Gasteiger partial charge in [0, 0.05) is 25.0 Å². The summed E-state index contributed by atoms with van der Waals surface area (Å²) < 4.78 is 25.4. The van der Waals surface area contributed by atoms with Crippen molar-refractivity contribution in [2.45, 2.75) is 52.0 Å². The molecule has 1 N–H and O–H groups in total. The summed E-state index contributed by atoms with van der Waals surface area (Å²) in [5, 5.41) is 3.34. The Hall–Kier alpha value is -0.810. The van der Waals surface area contributed by atoms with Crippen LogP contribution >= 0.6 is 0 Å². The van der Waals surface area contributed by atoms with E-state index in [1.165, 1.54) is 5.56 Å². The van der Waals surface area contributed by atoms with E-state index in [4.69, 9.17) is 0 Å². The summed E-state index contributed by atoms with van der Waals surface area (Å²) in [6, 6.07) is 2.34. The van der Waals surface area contributed by atoms with Gasteiger partial charge in [0.1, 0.15) is 0 Å². The minimum atomic E-state index is -3.05. The van der Waals surface area contributed by atoms with Gasteiger partial charge in [-0.15, -0.1) is 0 Å². The van der Waals surface area contributed by atoms with Crippen molar-refractivity contribution in [3.8, 4) is 0 Å². The molecule has 1 heterocycles. The predicted octanol–water partition coefficient (Wildman–Crippen LogP) is 2.37. The van der Waals surface area contributed by atoms with Crippen LogP contribution in [0.25, 0.3) is 0 Å². The fourth-order valence-electron chi connectivity index (χ4n) is 1.81. The molecule has 5 heteroatoms. The van der Waals surface area contributed by atoms with Crippen LogP contribution in [0.5, 0.6) is 0 Å². The van der Waals surface area contributed by atoms with Crippen LogP contribution in [0, 0.1) is 0 Å². The number of rotatable bonds is 6. The maximum absolute atomic E-state index is 12.0. The lowest BCUT2D eigenvalue weighted by Crippen LogP contribution is -2.31. The van der Waals surface area contributed by atoms with Crippen molar-refractivity contribution in [1.82, 2.24) is 9.88 Å². The van der Waals surface area contributed by atoms with Crippen LogP contribution in [0.1, 0.15) is 46.2 Å². The highest BCUT2D eigenvalue weighted by atomic mass is 32.2. The van der Waals surface area contributed by atoms with Gasteiger partial charge in [-0.25, -0.2) is 8.42 Å².